The molecule has 0 spiro atoms. The summed E-state index contributed by atoms with van der Waals surface area (Å²) < 4.78 is 18.4. The number of benzene rings is 1. The van der Waals surface area contributed by atoms with Crippen molar-refractivity contribution in [3.05, 3.63) is 34.4 Å². The molecule has 0 bridgehead atoms. The number of carbonyl (C=O) groups is 1. The molecule has 2 aliphatic rings. The maximum absolute atomic E-state index is 12.1. The Morgan fingerprint density at radius 2 is 2.12 bits per heavy atom. The molecule has 1 aromatic heterocycles. The van der Waals surface area contributed by atoms with E-state index >= 15 is 0 Å². The number of nitrogens with zero attached hydrogens (tertiary/aromatic N) is 4. The number of aromatic nitrogens is 3. The molecule has 10 heteroatoms. The van der Waals surface area contributed by atoms with Crippen molar-refractivity contribution < 1.29 is 19.0 Å². The smallest absolute Gasteiger partial charge is 0.249 e. The van der Waals surface area contributed by atoms with Crippen molar-refractivity contribution in [2.45, 2.75) is 44.9 Å². The molecule has 1 amide bonds. The summed E-state index contributed by atoms with van der Waals surface area (Å²) >= 11 is 6.57. The number of rotatable bonds is 8. The largest absolute Gasteiger partial charge is 0.493 e. The standard InChI is InChI=1S/C22H30ClN5O4/c1-30-16-6-5-15(20(23)21(16)31-2)14-27-10-8-19-26-25-18(28(19)12-11-27)7-9-24-22(29)17-4-3-13-32-17/h5-6,17H,3-4,7-14H2,1-2H3,(H,24,29). The van der Waals surface area contributed by atoms with E-state index in [4.69, 9.17) is 25.8 Å². The first-order chi connectivity index (χ1) is 15.6. The van der Waals surface area contributed by atoms with Gasteiger partial charge < -0.3 is 24.1 Å². The van der Waals surface area contributed by atoms with Crippen molar-refractivity contribution >= 4 is 17.5 Å². The first kappa shape index (κ1) is 22.8. The Labute approximate surface area is 193 Å². The first-order valence-corrected chi connectivity index (χ1v) is 11.4. The van der Waals surface area contributed by atoms with E-state index in [2.05, 4.69) is 25.0 Å². The molecular weight excluding hydrogens is 434 g/mol. The van der Waals surface area contributed by atoms with Gasteiger partial charge in [0, 0.05) is 52.2 Å². The number of hydrogen-bond donors (Lipinski definition) is 1. The summed E-state index contributed by atoms with van der Waals surface area (Å²) in [5.74, 6) is 3.03. The second-order valence-electron chi connectivity index (χ2n) is 8.03. The van der Waals surface area contributed by atoms with Crippen LogP contribution in [0.3, 0.4) is 0 Å². The van der Waals surface area contributed by atoms with E-state index in [1.165, 1.54) is 0 Å². The van der Waals surface area contributed by atoms with Gasteiger partial charge in [0.05, 0.1) is 19.2 Å². The van der Waals surface area contributed by atoms with E-state index in [0.29, 0.717) is 42.6 Å². The zero-order valence-corrected chi connectivity index (χ0v) is 19.4. The quantitative estimate of drug-likeness (QED) is 0.638. The van der Waals surface area contributed by atoms with Crippen LogP contribution in [0.5, 0.6) is 11.5 Å². The van der Waals surface area contributed by atoms with E-state index < -0.39 is 0 Å². The third kappa shape index (κ3) is 5.00. The van der Waals surface area contributed by atoms with Gasteiger partial charge in [-0.3, -0.25) is 9.69 Å². The van der Waals surface area contributed by atoms with Crippen LogP contribution in [0.4, 0.5) is 0 Å². The summed E-state index contributed by atoms with van der Waals surface area (Å²) in [7, 11) is 3.19. The maximum atomic E-state index is 12.1. The second kappa shape index (κ2) is 10.5. The minimum atomic E-state index is -0.303. The molecule has 0 radical (unpaired) electrons. The highest BCUT2D eigenvalue weighted by Gasteiger charge is 2.24. The van der Waals surface area contributed by atoms with Gasteiger partial charge in [0.25, 0.3) is 0 Å². The first-order valence-electron chi connectivity index (χ1n) is 11.0. The molecule has 9 nitrogen and oxygen atoms in total. The second-order valence-corrected chi connectivity index (χ2v) is 8.41. The van der Waals surface area contributed by atoms with Crippen LogP contribution in [0.25, 0.3) is 0 Å². The Bertz CT molecular complexity index is 945. The molecule has 0 saturated carbocycles. The lowest BCUT2D eigenvalue weighted by Crippen LogP contribution is -2.35. The molecule has 32 heavy (non-hydrogen) atoms. The normalized spacial score (nSPS) is 18.8. The summed E-state index contributed by atoms with van der Waals surface area (Å²) in [6, 6.07) is 3.87. The highest BCUT2D eigenvalue weighted by Crippen LogP contribution is 2.37. The fourth-order valence-electron chi connectivity index (χ4n) is 4.26. The summed E-state index contributed by atoms with van der Waals surface area (Å²) in [5.41, 5.74) is 0.999. The molecule has 0 aliphatic carbocycles. The van der Waals surface area contributed by atoms with Crippen LogP contribution >= 0.6 is 11.6 Å². The molecule has 1 atom stereocenters. The zero-order valence-electron chi connectivity index (χ0n) is 18.6. The number of fused-ring (bicyclic) bond motifs is 1. The number of hydrogen-bond acceptors (Lipinski definition) is 7. The van der Waals surface area contributed by atoms with Crippen LogP contribution < -0.4 is 14.8 Å². The van der Waals surface area contributed by atoms with Crippen LogP contribution in [0.2, 0.25) is 5.02 Å². The predicted molar refractivity (Wildman–Crippen MR) is 119 cm³/mol. The lowest BCUT2D eigenvalue weighted by molar-refractivity contribution is -0.130. The van der Waals surface area contributed by atoms with Crippen LogP contribution in [-0.4, -0.2) is 72.1 Å². The van der Waals surface area contributed by atoms with Crippen molar-refractivity contribution in [2.75, 3.05) is 40.5 Å². The van der Waals surface area contributed by atoms with Crippen molar-refractivity contribution in [3.63, 3.8) is 0 Å². The Hall–Kier alpha value is -2.36. The van der Waals surface area contributed by atoms with Gasteiger partial charge in [-0.2, -0.15) is 0 Å². The topological polar surface area (TPSA) is 90.7 Å². The van der Waals surface area contributed by atoms with Gasteiger partial charge >= 0.3 is 0 Å². The molecular formula is C22H30ClN5O4. The minimum Gasteiger partial charge on any atom is -0.493 e. The minimum absolute atomic E-state index is 0.0314. The Morgan fingerprint density at radius 3 is 2.88 bits per heavy atom. The number of halogens is 1. The van der Waals surface area contributed by atoms with Gasteiger partial charge in [-0.1, -0.05) is 17.7 Å². The molecule has 174 valence electrons. The average molecular weight is 464 g/mol. The highest BCUT2D eigenvalue weighted by molar-refractivity contribution is 6.33. The number of methoxy groups -OCH3 is 2. The number of nitrogens with one attached hydrogen (secondary N) is 1. The number of ether oxygens (including phenoxy) is 3. The highest BCUT2D eigenvalue weighted by atomic mass is 35.5. The van der Waals surface area contributed by atoms with Gasteiger partial charge in [-0.25, -0.2) is 0 Å². The van der Waals surface area contributed by atoms with E-state index in [1.807, 2.05) is 12.1 Å². The molecule has 3 heterocycles. The maximum Gasteiger partial charge on any atom is 0.249 e. The van der Waals surface area contributed by atoms with Crippen molar-refractivity contribution in [3.8, 4) is 11.5 Å². The Morgan fingerprint density at radius 1 is 1.25 bits per heavy atom. The van der Waals surface area contributed by atoms with Gasteiger partial charge in [-0.05, 0) is 24.5 Å². The van der Waals surface area contributed by atoms with E-state index in [0.717, 1.165) is 56.1 Å². The van der Waals surface area contributed by atoms with E-state index in [9.17, 15) is 4.79 Å². The molecule has 4 rings (SSSR count). The van der Waals surface area contributed by atoms with Crippen LogP contribution in [0, 0.1) is 0 Å². The van der Waals surface area contributed by atoms with Crippen molar-refractivity contribution in [1.29, 1.82) is 0 Å². The zero-order chi connectivity index (χ0) is 22.5. The summed E-state index contributed by atoms with van der Waals surface area (Å²) in [5, 5.41) is 12.3. The van der Waals surface area contributed by atoms with E-state index in [-0.39, 0.29) is 12.0 Å². The fraction of sp³-hybridized carbons (Fsp3) is 0.591. The van der Waals surface area contributed by atoms with E-state index in [1.54, 1.807) is 14.2 Å². The monoisotopic (exact) mass is 463 g/mol. The third-order valence-electron chi connectivity index (χ3n) is 6.02. The van der Waals surface area contributed by atoms with Gasteiger partial charge in [0.1, 0.15) is 17.8 Å². The lowest BCUT2D eigenvalue weighted by atomic mass is 10.1. The molecule has 1 saturated heterocycles. The van der Waals surface area contributed by atoms with Gasteiger partial charge in [0.2, 0.25) is 5.91 Å². The van der Waals surface area contributed by atoms with Crippen LogP contribution in [-0.2, 0) is 35.5 Å². The van der Waals surface area contributed by atoms with Crippen LogP contribution in [0.1, 0.15) is 30.1 Å². The Kier molecular flexibility index (Phi) is 7.49. The predicted octanol–water partition coefficient (Wildman–Crippen LogP) is 1.84. The van der Waals surface area contributed by atoms with Gasteiger partial charge in [-0.15, -0.1) is 10.2 Å². The van der Waals surface area contributed by atoms with Crippen molar-refractivity contribution in [1.82, 2.24) is 25.0 Å². The Balaban J connectivity index is 1.34. The van der Waals surface area contributed by atoms with Crippen LogP contribution in [0.15, 0.2) is 12.1 Å². The molecule has 1 N–H and O–H groups in total. The molecule has 2 aliphatic heterocycles. The van der Waals surface area contributed by atoms with Crippen molar-refractivity contribution in [2.24, 2.45) is 0 Å². The molecule has 1 aromatic carbocycles. The lowest BCUT2D eigenvalue weighted by Gasteiger charge is -2.21. The SMILES string of the molecule is COc1ccc(CN2CCc3nnc(CCNC(=O)C4CCCO4)n3CC2)c(Cl)c1OC. The molecule has 1 fully saturated rings. The summed E-state index contributed by atoms with van der Waals surface area (Å²) in [4.78, 5) is 14.5. The number of carbonyl (C=O) groups excluding carboxylic acids is 1. The summed E-state index contributed by atoms with van der Waals surface area (Å²) in [6.07, 6.45) is 2.89. The summed E-state index contributed by atoms with van der Waals surface area (Å²) in [6.45, 7) is 4.42. The molecule has 1 unspecified atom stereocenters. The average Bonchev–Trinajstić information content (AvgIpc) is 3.43. The third-order valence-corrected chi connectivity index (χ3v) is 6.44. The van der Waals surface area contributed by atoms with Gasteiger partial charge in [0.15, 0.2) is 11.5 Å². The fourth-order valence-corrected chi connectivity index (χ4v) is 4.55. The molecule has 2 aromatic rings. The number of amides is 1.